The van der Waals surface area contributed by atoms with E-state index in [-0.39, 0.29) is 0 Å². The summed E-state index contributed by atoms with van der Waals surface area (Å²) in [7, 11) is -5.66. The van der Waals surface area contributed by atoms with Crippen molar-refractivity contribution < 1.29 is 13.7 Å². The fraction of sp³-hybridized carbons (Fsp3) is 0.333. The van der Waals surface area contributed by atoms with E-state index in [9.17, 15) is 9.59 Å². The highest BCUT2D eigenvalue weighted by molar-refractivity contribution is 6.83. The lowest BCUT2D eigenvalue weighted by molar-refractivity contribution is 0.332. The normalized spacial score (nSPS) is 21.5. The molecule has 0 amide bonds. The van der Waals surface area contributed by atoms with E-state index in [1.165, 1.54) is 11.4 Å². The minimum atomic E-state index is -2.83. The summed E-state index contributed by atoms with van der Waals surface area (Å²) in [5.41, 5.74) is 2.72. The van der Waals surface area contributed by atoms with Crippen LogP contribution in [0, 0.1) is 0 Å². The van der Waals surface area contributed by atoms with Gasteiger partial charge in [0.2, 0.25) is 0 Å². The maximum Gasteiger partial charge on any atom is 0.349 e. The van der Waals surface area contributed by atoms with Crippen molar-refractivity contribution in [2.75, 3.05) is 0 Å². The molecule has 2 atom stereocenters. The zero-order chi connectivity index (χ0) is 9.12. The Morgan fingerprint density at radius 3 is 1.55 bits per heavy atom. The molecule has 0 fully saturated rings. The fourth-order valence-electron chi connectivity index (χ4n) is 0.502. The van der Waals surface area contributed by atoms with Gasteiger partial charge in [-0.25, -0.2) is 0 Å². The van der Waals surface area contributed by atoms with E-state index in [0.717, 1.165) is 0 Å². The third kappa shape index (κ3) is 4.28. The quantitative estimate of drug-likeness (QED) is 0.638. The number of hydrogen-bond donors (Lipinski definition) is 2. The van der Waals surface area contributed by atoms with Crippen LogP contribution in [-0.4, -0.2) is 26.7 Å². The monoisotopic (exact) mass is 190 g/mol. The Balaban J connectivity index is 4.23. The van der Waals surface area contributed by atoms with Crippen LogP contribution in [0.25, 0.3) is 0 Å². The van der Waals surface area contributed by atoms with Gasteiger partial charge in [0.15, 0.2) is 0 Å². The van der Waals surface area contributed by atoms with Crippen molar-refractivity contribution >= 4 is 17.1 Å². The van der Waals surface area contributed by atoms with Crippen molar-refractivity contribution in [3.8, 4) is 0 Å². The zero-order valence-corrected chi connectivity index (χ0v) is 8.87. The molecule has 0 aliphatic heterocycles. The predicted octanol–water partition coefficient (Wildman–Crippen LogP) is 0.582. The zero-order valence-electron chi connectivity index (χ0n) is 6.87. The highest BCUT2D eigenvalue weighted by atomic mass is 28.5. The minimum Gasteiger partial charge on any atom is -0.409 e. The molecule has 5 heteroatoms. The van der Waals surface area contributed by atoms with Crippen molar-refractivity contribution in [3.05, 3.63) is 24.6 Å². The molecular weight excluding hydrogens is 176 g/mol. The summed E-state index contributed by atoms with van der Waals surface area (Å²) in [6.07, 6.45) is 0. The van der Waals surface area contributed by atoms with Crippen molar-refractivity contribution in [3.63, 3.8) is 0 Å². The first-order valence-corrected chi connectivity index (χ1v) is 8.11. The molecule has 3 nitrogen and oxygen atoms in total. The molecule has 0 aromatic rings. The molecule has 0 aromatic carbocycles. The van der Waals surface area contributed by atoms with Crippen molar-refractivity contribution in [2.45, 2.75) is 13.1 Å². The summed E-state index contributed by atoms with van der Waals surface area (Å²) in [6.45, 7) is 9.92. The SMILES string of the molecule is C=C[Si@](C)(O)O[Si@](C)(O)C=C. The maximum atomic E-state index is 9.42. The average Bonchev–Trinajstić information content (AvgIpc) is 1.86. The summed E-state index contributed by atoms with van der Waals surface area (Å²) < 4.78 is 5.08. The molecule has 0 bridgehead atoms. The first kappa shape index (κ1) is 10.8. The van der Waals surface area contributed by atoms with E-state index in [1.807, 2.05) is 0 Å². The van der Waals surface area contributed by atoms with Gasteiger partial charge in [0.25, 0.3) is 0 Å². The Labute approximate surface area is 69.1 Å². The molecule has 0 aromatic heterocycles. The van der Waals surface area contributed by atoms with Gasteiger partial charge in [-0.3, -0.25) is 0 Å². The third-order valence-electron chi connectivity index (χ3n) is 1.17. The van der Waals surface area contributed by atoms with Crippen LogP contribution in [0.4, 0.5) is 0 Å². The smallest absolute Gasteiger partial charge is 0.349 e. The second-order valence-corrected chi connectivity index (χ2v) is 8.47. The van der Waals surface area contributed by atoms with Crippen LogP contribution in [0.5, 0.6) is 0 Å². The lowest BCUT2D eigenvalue weighted by atomic mass is 11.3. The molecule has 0 saturated heterocycles. The fourth-order valence-corrected chi connectivity index (χ4v) is 4.52. The van der Waals surface area contributed by atoms with Gasteiger partial charge >= 0.3 is 17.1 Å². The van der Waals surface area contributed by atoms with Crippen LogP contribution in [0.1, 0.15) is 0 Å². The Kier molecular flexibility index (Phi) is 3.40. The van der Waals surface area contributed by atoms with Crippen LogP contribution in [0.15, 0.2) is 24.6 Å². The van der Waals surface area contributed by atoms with Crippen LogP contribution >= 0.6 is 0 Å². The molecular formula is C6H14O3Si2. The average molecular weight is 190 g/mol. The first-order chi connectivity index (χ1) is 4.83. The van der Waals surface area contributed by atoms with Crippen LogP contribution < -0.4 is 0 Å². The van der Waals surface area contributed by atoms with Crippen molar-refractivity contribution in [2.24, 2.45) is 0 Å². The standard InChI is InChI=1S/C6H14O3Si2/c1-5-10(3,7)9-11(4,8)6-2/h5-8H,1-2H2,3-4H3/t10-,11+. The van der Waals surface area contributed by atoms with Gasteiger partial charge in [0.05, 0.1) is 0 Å². The maximum absolute atomic E-state index is 9.42. The molecule has 0 rings (SSSR count). The highest BCUT2D eigenvalue weighted by Gasteiger charge is 2.34. The van der Waals surface area contributed by atoms with Crippen LogP contribution in [-0.2, 0) is 4.12 Å². The second kappa shape index (κ2) is 3.46. The van der Waals surface area contributed by atoms with E-state index in [1.54, 1.807) is 13.1 Å². The molecule has 0 aliphatic rings. The van der Waals surface area contributed by atoms with Crippen LogP contribution in [0.2, 0.25) is 13.1 Å². The molecule has 0 heterocycles. The molecule has 2 N–H and O–H groups in total. The first-order valence-electron chi connectivity index (χ1n) is 3.25. The third-order valence-corrected chi connectivity index (χ3v) is 5.99. The van der Waals surface area contributed by atoms with E-state index in [0.29, 0.717) is 0 Å². The largest absolute Gasteiger partial charge is 0.409 e. The topological polar surface area (TPSA) is 49.7 Å². The van der Waals surface area contributed by atoms with Crippen molar-refractivity contribution in [1.82, 2.24) is 0 Å². The van der Waals surface area contributed by atoms with Crippen molar-refractivity contribution in [1.29, 1.82) is 0 Å². The van der Waals surface area contributed by atoms with E-state index < -0.39 is 17.1 Å². The Morgan fingerprint density at radius 2 is 1.36 bits per heavy atom. The second-order valence-electron chi connectivity index (χ2n) is 2.62. The summed E-state index contributed by atoms with van der Waals surface area (Å²) >= 11 is 0. The molecule has 0 saturated carbocycles. The molecule has 11 heavy (non-hydrogen) atoms. The molecule has 0 spiro atoms. The molecule has 0 aliphatic carbocycles. The van der Waals surface area contributed by atoms with E-state index >= 15 is 0 Å². The van der Waals surface area contributed by atoms with E-state index in [2.05, 4.69) is 13.2 Å². The molecule has 0 radical (unpaired) electrons. The lowest BCUT2D eigenvalue weighted by Gasteiger charge is -2.24. The van der Waals surface area contributed by atoms with Gasteiger partial charge in [0.1, 0.15) is 0 Å². The summed E-state index contributed by atoms with van der Waals surface area (Å²) in [4.78, 5) is 18.8. The predicted molar refractivity (Wildman–Crippen MR) is 49.2 cm³/mol. The van der Waals surface area contributed by atoms with Gasteiger partial charge in [0, 0.05) is 0 Å². The minimum absolute atomic E-state index is 1.36. The van der Waals surface area contributed by atoms with Crippen LogP contribution in [0.3, 0.4) is 0 Å². The van der Waals surface area contributed by atoms with Gasteiger partial charge in [-0.2, -0.15) is 0 Å². The van der Waals surface area contributed by atoms with Gasteiger partial charge in [-0.1, -0.05) is 11.4 Å². The summed E-state index contributed by atoms with van der Waals surface area (Å²) in [5, 5.41) is 0. The number of hydrogen-bond acceptors (Lipinski definition) is 3. The molecule has 0 unspecified atom stereocenters. The number of rotatable bonds is 4. The van der Waals surface area contributed by atoms with Gasteiger partial charge < -0.3 is 13.7 Å². The summed E-state index contributed by atoms with van der Waals surface area (Å²) in [5.74, 6) is 0. The Morgan fingerprint density at radius 1 is 1.09 bits per heavy atom. The highest BCUT2D eigenvalue weighted by Crippen LogP contribution is 2.10. The Hall–Kier alpha value is -0.206. The molecule has 64 valence electrons. The Bertz CT molecular complexity index is 147. The lowest BCUT2D eigenvalue weighted by Crippen LogP contribution is -2.46. The van der Waals surface area contributed by atoms with Gasteiger partial charge in [-0.05, 0) is 13.1 Å². The summed E-state index contributed by atoms with van der Waals surface area (Å²) in [6, 6.07) is 0. The van der Waals surface area contributed by atoms with Gasteiger partial charge in [-0.15, -0.1) is 13.2 Å². The van der Waals surface area contributed by atoms with E-state index in [4.69, 9.17) is 4.12 Å².